The highest BCUT2D eigenvalue weighted by Crippen LogP contribution is 2.26. The molecule has 3 heterocycles. The predicted molar refractivity (Wildman–Crippen MR) is 118 cm³/mol. The number of likely N-dealkylation sites (tertiary alicyclic amines) is 1. The number of nitrogens with two attached hydrogens (primary N) is 1. The van der Waals surface area contributed by atoms with Crippen molar-refractivity contribution in [3.05, 3.63) is 76.0 Å². The summed E-state index contributed by atoms with van der Waals surface area (Å²) >= 11 is 0. The molecule has 14 heteroatoms. The number of carboxylic acid groups (broad SMARTS) is 1. The van der Waals surface area contributed by atoms with E-state index in [1.807, 2.05) is 0 Å². The van der Waals surface area contributed by atoms with Crippen molar-refractivity contribution >= 4 is 11.9 Å². The first-order chi connectivity index (χ1) is 17.0. The zero-order valence-corrected chi connectivity index (χ0v) is 18.7. The van der Waals surface area contributed by atoms with Crippen LogP contribution in [0.3, 0.4) is 0 Å². The summed E-state index contributed by atoms with van der Waals surface area (Å²) in [7, 11) is 0. The van der Waals surface area contributed by atoms with Gasteiger partial charge in [0.25, 0.3) is 11.5 Å². The van der Waals surface area contributed by atoms with E-state index in [9.17, 15) is 27.2 Å². The predicted octanol–water partition coefficient (Wildman–Crippen LogP) is 2.21. The maximum atomic E-state index is 14.1. The largest absolute Gasteiger partial charge is 0.490 e. The molecule has 1 saturated heterocycles. The summed E-state index contributed by atoms with van der Waals surface area (Å²) in [6.07, 6.45) is -2.21. The van der Waals surface area contributed by atoms with Crippen LogP contribution < -0.4 is 11.3 Å². The summed E-state index contributed by atoms with van der Waals surface area (Å²) in [6.45, 7) is 1.41. The number of carbonyl (C=O) groups is 2. The average molecular weight is 510 g/mol. The normalized spacial score (nSPS) is 14.2. The Morgan fingerprint density at radius 2 is 1.78 bits per heavy atom. The van der Waals surface area contributed by atoms with Crippen molar-refractivity contribution < 1.29 is 32.3 Å². The summed E-state index contributed by atoms with van der Waals surface area (Å²) in [5.41, 5.74) is 5.62. The van der Waals surface area contributed by atoms with Crippen molar-refractivity contribution in [1.29, 1.82) is 0 Å². The summed E-state index contributed by atoms with van der Waals surface area (Å²) in [6, 6.07) is 8.74. The number of rotatable bonds is 4. The quantitative estimate of drug-likeness (QED) is 0.456. The van der Waals surface area contributed by atoms with Crippen LogP contribution in [0, 0.1) is 5.82 Å². The lowest BCUT2D eigenvalue weighted by Crippen LogP contribution is -2.38. The molecule has 2 aromatic heterocycles. The molecule has 1 amide bonds. The number of aromatic amines is 1. The van der Waals surface area contributed by atoms with E-state index < -0.39 is 23.5 Å². The Kier molecular flexibility index (Phi) is 8.19. The fraction of sp³-hybridized carbons (Fsp3) is 0.318. The minimum Gasteiger partial charge on any atom is -0.475 e. The monoisotopic (exact) mass is 510 g/mol. The molecule has 1 fully saturated rings. The molecule has 1 aliphatic rings. The number of halogens is 4. The van der Waals surface area contributed by atoms with Gasteiger partial charge in [-0.05, 0) is 31.0 Å². The van der Waals surface area contributed by atoms with Crippen LogP contribution in [-0.4, -0.2) is 60.9 Å². The minimum absolute atomic E-state index is 0.117. The zero-order valence-electron chi connectivity index (χ0n) is 18.7. The standard InChI is InChI=1S/C20H21FN6O2.C2HF3O2/c21-15-3-1-2-4-16(15)27-12-14(5-6-18(27)28)20(29)26-9-7-13(8-10-26)19-23-17(11-22)24-25-19;3-2(4,5)1(6)7/h1-6,12-13H,7-11,22H2,(H,23,24,25);(H,6,7). The van der Waals surface area contributed by atoms with Crippen molar-refractivity contribution in [3.8, 4) is 5.69 Å². The molecule has 0 radical (unpaired) electrons. The topological polar surface area (TPSA) is 147 Å². The fourth-order valence-electron chi connectivity index (χ4n) is 3.56. The van der Waals surface area contributed by atoms with Gasteiger partial charge in [0.15, 0.2) is 5.82 Å². The number of nitrogens with zero attached hydrogens (tertiary/aromatic N) is 4. The van der Waals surface area contributed by atoms with Gasteiger partial charge < -0.3 is 15.7 Å². The van der Waals surface area contributed by atoms with Crippen molar-refractivity contribution in [3.63, 3.8) is 0 Å². The van der Waals surface area contributed by atoms with Gasteiger partial charge in [-0.25, -0.2) is 14.2 Å². The molecule has 0 bridgehead atoms. The Labute approximate surface area is 201 Å². The van der Waals surface area contributed by atoms with Crippen LogP contribution in [0.5, 0.6) is 0 Å². The zero-order chi connectivity index (χ0) is 26.5. The lowest BCUT2D eigenvalue weighted by Gasteiger charge is -2.31. The number of pyridine rings is 1. The number of nitrogens with one attached hydrogen (secondary N) is 1. The van der Waals surface area contributed by atoms with Crippen LogP contribution in [-0.2, 0) is 11.3 Å². The summed E-state index contributed by atoms with van der Waals surface area (Å²) in [5.74, 6) is -1.93. The van der Waals surface area contributed by atoms with Crippen LogP contribution in [0.15, 0.2) is 47.4 Å². The van der Waals surface area contributed by atoms with E-state index in [0.29, 0.717) is 31.0 Å². The molecule has 1 aromatic carbocycles. The molecule has 0 saturated carbocycles. The Bertz CT molecular complexity index is 1280. The number of H-pyrrole nitrogens is 1. The molecule has 36 heavy (non-hydrogen) atoms. The molecule has 0 aliphatic carbocycles. The number of hydrogen-bond acceptors (Lipinski definition) is 6. The van der Waals surface area contributed by atoms with Gasteiger partial charge in [-0.1, -0.05) is 12.1 Å². The van der Waals surface area contributed by atoms with Crippen LogP contribution in [0.25, 0.3) is 5.69 Å². The Hall–Kier alpha value is -4.07. The number of aromatic nitrogens is 4. The van der Waals surface area contributed by atoms with Crippen LogP contribution in [0.2, 0.25) is 0 Å². The van der Waals surface area contributed by atoms with E-state index in [4.69, 9.17) is 15.6 Å². The van der Waals surface area contributed by atoms with Crippen LogP contribution >= 0.6 is 0 Å². The molecular weight excluding hydrogens is 488 g/mol. The lowest BCUT2D eigenvalue weighted by atomic mass is 9.96. The molecule has 10 nitrogen and oxygen atoms in total. The summed E-state index contributed by atoms with van der Waals surface area (Å²) < 4.78 is 47.0. The third kappa shape index (κ3) is 6.33. The van der Waals surface area contributed by atoms with Crippen LogP contribution in [0.4, 0.5) is 17.6 Å². The number of amides is 1. The second-order valence-corrected chi connectivity index (χ2v) is 7.79. The molecule has 0 spiro atoms. The van der Waals surface area contributed by atoms with E-state index >= 15 is 0 Å². The number of carboxylic acids is 1. The Balaban J connectivity index is 0.000000454. The minimum atomic E-state index is -5.08. The molecule has 0 atom stereocenters. The van der Waals surface area contributed by atoms with Gasteiger partial charge in [0, 0.05) is 31.3 Å². The smallest absolute Gasteiger partial charge is 0.475 e. The van der Waals surface area contributed by atoms with Gasteiger partial charge in [0.1, 0.15) is 11.6 Å². The van der Waals surface area contributed by atoms with E-state index in [-0.39, 0.29) is 17.5 Å². The van der Waals surface area contributed by atoms with Crippen molar-refractivity contribution in [2.75, 3.05) is 13.1 Å². The van der Waals surface area contributed by atoms with Gasteiger partial charge in [-0.15, -0.1) is 0 Å². The number of para-hydroxylation sites is 1. The van der Waals surface area contributed by atoms with E-state index in [2.05, 4.69) is 15.2 Å². The first-order valence-electron chi connectivity index (χ1n) is 10.7. The second-order valence-electron chi connectivity index (χ2n) is 7.79. The molecule has 4 N–H and O–H groups in total. The third-order valence-corrected chi connectivity index (χ3v) is 5.40. The highest BCUT2D eigenvalue weighted by molar-refractivity contribution is 5.94. The number of carbonyl (C=O) groups excluding carboxylic acids is 1. The van der Waals surface area contributed by atoms with Crippen molar-refractivity contribution in [2.45, 2.75) is 31.5 Å². The van der Waals surface area contributed by atoms with Gasteiger partial charge in [-0.2, -0.15) is 18.3 Å². The van der Waals surface area contributed by atoms with Gasteiger partial charge in [0.2, 0.25) is 0 Å². The highest BCUT2D eigenvalue weighted by Gasteiger charge is 2.38. The fourth-order valence-corrected chi connectivity index (χ4v) is 3.56. The van der Waals surface area contributed by atoms with Crippen LogP contribution in [0.1, 0.15) is 40.8 Å². The first kappa shape index (κ1) is 26.5. The number of alkyl halides is 3. The number of aliphatic carboxylic acids is 1. The number of piperidine rings is 1. The first-order valence-corrected chi connectivity index (χ1v) is 10.7. The molecule has 1 aliphatic heterocycles. The summed E-state index contributed by atoms with van der Waals surface area (Å²) in [4.78, 5) is 40.1. The van der Waals surface area contributed by atoms with Crippen molar-refractivity contribution in [2.24, 2.45) is 5.73 Å². The lowest BCUT2D eigenvalue weighted by molar-refractivity contribution is -0.192. The third-order valence-electron chi connectivity index (χ3n) is 5.40. The van der Waals surface area contributed by atoms with E-state index in [1.165, 1.54) is 30.5 Å². The average Bonchev–Trinajstić information content (AvgIpc) is 3.34. The molecule has 3 aromatic rings. The SMILES string of the molecule is NCc1nc(C2CCN(C(=O)c3ccc(=O)n(-c4ccccc4F)c3)CC2)n[nH]1.O=C(O)C(F)(F)F. The summed E-state index contributed by atoms with van der Waals surface area (Å²) in [5, 5.41) is 14.1. The van der Waals surface area contributed by atoms with Gasteiger partial charge in [0.05, 0.1) is 17.8 Å². The Morgan fingerprint density at radius 1 is 1.14 bits per heavy atom. The van der Waals surface area contributed by atoms with E-state index in [0.717, 1.165) is 23.2 Å². The molecule has 0 unspecified atom stereocenters. The molecular formula is C22H22F4N6O4. The van der Waals surface area contributed by atoms with E-state index in [1.54, 1.807) is 17.0 Å². The van der Waals surface area contributed by atoms with Gasteiger partial charge in [-0.3, -0.25) is 19.3 Å². The molecule has 4 rings (SSSR count). The second kappa shape index (κ2) is 11.1. The Morgan fingerprint density at radius 3 is 2.33 bits per heavy atom. The molecule has 192 valence electrons. The van der Waals surface area contributed by atoms with Crippen molar-refractivity contribution in [1.82, 2.24) is 24.6 Å². The maximum absolute atomic E-state index is 14.1. The highest BCUT2D eigenvalue weighted by atomic mass is 19.4. The maximum Gasteiger partial charge on any atom is 0.490 e. The van der Waals surface area contributed by atoms with Gasteiger partial charge >= 0.3 is 12.1 Å². The number of benzene rings is 1. The number of hydrogen-bond donors (Lipinski definition) is 3.